The van der Waals surface area contributed by atoms with Gasteiger partial charge in [-0.25, -0.2) is 4.98 Å². The van der Waals surface area contributed by atoms with Crippen LogP contribution in [0.15, 0.2) is 30.7 Å². The zero-order valence-corrected chi connectivity index (χ0v) is 6.51. The molecule has 0 amide bonds. The van der Waals surface area contributed by atoms with Crippen LogP contribution in [0.25, 0.3) is 10.4 Å². The van der Waals surface area contributed by atoms with Crippen molar-refractivity contribution in [2.45, 2.75) is 0 Å². The highest BCUT2D eigenvalue weighted by Crippen LogP contribution is 2.20. The van der Waals surface area contributed by atoms with Gasteiger partial charge in [-0.1, -0.05) is 6.07 Å². The molecule has 0 N–H and O–H groups in total. The van der Waals surface area contributed by atoms with Crippen molar-refractivity contribution in [3.05, 3.63) is 36.2 Å². The molecule has 0 saturated carbocycles. The number of hydrogen-bond acceptors (Lipinski definition) is 3. The normalized spacial score (nSPS) is 9.82. The van der Waals surface area contributed by atoms with Crippen LogP contribution in [0.1, 0.15) is 0 Å². The van der Waals surface area contributed by atoms with Gasteiger partial charge in [-0.2, -0.15) is 0 Å². The Hall–Kier alpha value is -1.22. The van der Waals surface area contributed by atoms with E-state index < -0.39 is 0 Å². The molecule has 0 unspecified atom stereocenters. The van der Waals surface area contributed by atoms with Crippen LogP contribution in [0.5, 0.6) is 0 Å². The number of nitrogens with zero attached hydrogens (tertiary/aromatic N) is 2. The van der Waals surface area contributed by atoms with Gasteiger partial charge in [-0.15, -0.1) is 11.3 Å². The zero-order chi connectivity index (χ0) is 7.52. The van der Waals surface area contributed by atoms with Gasteiger partial charge in [-0.05, 0) is 6.07 Å². The number of rotatable bonds is 1. The van der Waals surface area contributed by atoms with E-state index in [1.54, 1.807) is 12.4 Å². The van der Waals surface area contributed by atoms with Crippen LogP contribution < -0.4 is 0 Å². The van der Waals surface area contributed by atoms with E-state index in [4.69, 9.17) is 0 Å². The molecule has 2 aromatic rings. The first kappa shape index (κ1) is 6.49. The fraction of sp³-hybridized carbons (Fsp3) is 0. The molecular weight excluding hydrogens is 156 g/mol. The lowest BCUT2D eigenvalue weighted by Gasteiger charge is -1.91. The van der Waals surface area contributed by atoms with E-state index in [1.807, 2.05) is 18.3 Å². The summed E-state index contributed by atoms with van der Waals surface area (Å²) in [4.78, 5) is 8.98. The summed E-state index contributed by atoms with van der Waals surface area (Å²) in [5, 5.41) is 0. The first-order valence-electron chi connectivity index (χ1n) is 3.19. The molecule has 2 rings (SSSR count). The molecular formula is C8H5N2S. The third kappa shape index (κ3) is 1.28. The lowest BCUT2D eigenvalue weighted by Crippen LogP contribution is -1.72. The van der Waals surface area contributed by atoms with Gasteiger partial charge in [0, 0.05) is 24.2 Å². The van der Waals surface area contributed by atoms with Crippen molar-refractivity contribution in [2.24, 2.45) is 0 Å². The molecule has 0 fully saturated rings. The molecule has 2 heterocycles. The highest BCUT2D eigenvalue weighted by molar-refractivity contribution is 7.12. The largest absolute Gasteiger partial charge is 0.264 e. The topological polar surface area (TPSA) is 25.8 Å². The Morgan fingerprint density at radius 1 is 1.36 bits per heavy atom. The predicted molar refractivity (Wildman–Crippen MR) is 44.2 cm³/mol. The quantitative estimate of drug-likeness (QED) is 0.639. The second-order valence-electron chi connectivity index (χ2n) is 2.06. The Morgan fingerprint density at radius 2 is 2.36 bits per heavy atom. The molecule has 0 spiro atoms. The summed E-state index contributed by atoms with van der Waals surface area (Å²) in [7, 11) is 0. The number of pyridine rings is 1. The summed E-state index contributed by atoms with van der Waals surface area (Å²) >= 11 is 1.50. The van der Waals surface area contributed by atoms with Crippen molar-refractivity contribution >= 4 is 11.3 Å². The molecule has 0 aromatic carbocycles. The van der Waals surface area contributed by atoms with Crippen molar-refractivity contribution in [3.63, 3.8) is 0 Å². The standard InChI is InChI=1S/C8H5N2S/c1-2-7(4-9-3-1)8-5-10-6-11-8/h1-5H. The van der Waals surface area contributed by atoms with Crippen LogP contribution in [0.3, 0.4) is 0 Å². The molecule has 0 aliphatic carbocycles. The van der Waals surface area contributed by atoms with E-state index in [-0.39, 0.29) is 0 Å². The van der Waals surface area contributed by atoms with Crippen molar-refractivity contribution < 1.29 is 0 Å². The second kappa shape index (κ2) is 2.80. The minimum absolute atomic E-state index is 1.10. The maximum atomic E-state index is 4.01. The van der Waals surface area contributed by atoms with Crippen LogP contribution in [0.2, 0.25) is 0 Å². The Labute approximate surface area is 68.6 Å². The Bertz CT molecular complexity index is 315. The molecule has 2 nitrogen and oxygen atoms in total. The van der Waals surface area contributed by atoms with Gasteiger partial charge in [0.05, 0.1) is 4.88 Å². The van der Waals surface area contributed by atoms with Gasteiger partial charge < -0.3 is 0 Å². The van der Waals surface area contributed by atoms with Gasteiger partial charge in [0.15, 0.2) is 5.51 Å². The molecule has 0 aliphatic heterocycles. The summed E-state index contributed by atoms with van der Waals surface area (Å²) in [5.41, 5.74) is 3.90. The van der Waals surface area contributed by atoms with Crippen molar-refractivity contribution in [2.75, 3.05) is 0 Å². The van der Waals surface area contributed by atoms with E-state index in [0.717, 1.165) is 10.4 Å². The maximum Gasteiger partial charge on any atom is 0.152 e. The van der Waals surface area contributed by atoms with E-state index >= 15 is 0 Å². The molecule has 0 aliphatic rings. The van der Waals surface area contributed by atoms with Crippen LogP contribution >= 0.6 is 11.3 Å². The summed E-state index contributed by atoms with van der Waals surface area (Å²) in [5.74, 6) is 0. The van der Waals surface area contributed by atoms with E-state index in [1.165, 1.54) is 11.3 Å². The summed E-state index contributed by atoms with van der Waals surface area (Å²) < 4.78 is 0. The fourth-order valence-electron chi connectivity index (χ4n) is 0.829. The highest BCUT2D eigenvalue weighted by atomic mass is 32.1. The Balaban J connectivity index is 2.46. The highest BCUT2D eigenvalue weighted by Gasteiger charge is 1.96. The molecule has 53 valence electrons. The average molecular weight is 161 g/mol. The van der Waals surface area contributed by atoms with E-state index in [0.29, 0.717) is 0 Å². The van der Waals surface area contributed by atoms with Gasteiger partial charge in [0.2, 0.25) is 0 Å². The number of aromatic nitrogens is 2. The molecule has 3 heteroatoms. The SMILES string of the molecule is [c]1ncc(-c2cccnc2)s1. The van der Waals surface area contributed by atoms with Crippen molar-refractivity contribution in [3.8, 4) is 10.4 Å². The molecule has 0 atom stereocenters. The summed E-state index contributed by atoms with van der Waals surface area (Å²) in [6.07, 6.45) is 5.37. The number of thiazole rings is 1. The van der Waals surface area contributed by atoms with Crippen LogP contribution in [0.4, 0.5) is 0 Å². The van der Waals surface area contributed by atoms with E-state index in [9.17, 15) is 0 Å². The molecule has 2 aromatic heterocycles. The molecule has 1 radical (unpaired) electrons. The van der Waals surface area contributed by atoms with Crippen LogP contribution in [-0.2, 0) is 0 Å². The van der Waals surface area contributed by atoms with Crippen molar-refractivity contribution in [1.82, 2.24) is 9.97 Å². The monoisotopic (exact) mass is 161 g/mol. The minimum Gasteiger partial charge on any atom is -0.264 e. The van der Waals surface area contributed by atoms with Gasteiger partial charge in [0.25, 0.3) is 0 Å². The van der Waals surface area contributed by atoms with Crippen LogP contribution in [-0.4, -0.2) is 9.97 Å². The zero-order valence-electron chi connectivity index (χ0n) is 5.69. The Morgan fingerprint density at radius 3 is 3.00 bits per heavy atom. The lowest BCUT2D eigenvalue weighted by molar-refractivity contribution is 1.33. The van der Waals surface area contributed by atoms with E-state index in [2.05, 4.69) is 15.5 Å². The third-order valence-corrected chi connectivity index (χ3v) is 2.09. The maximum absolute atomic E-state index is 4.01. The second-order valence-corrected chi connectivity index (χ2v) is 2.88. The van der Waals surface area contributed by atoms with Gasteiger partial charge in [-0.3, -0.25) is 4.98 Å². The number of hydrogen-bond donors (Lipinski definition) is 0. The third-order valence-electron chi connectivity index (χ3n) is 1.34. The smallest absolute Gasteiger partial charge is 0.152 e. The lowest BCUT2D eigenvalue weighted by atomic mass is 10.3. The minimum atomic E-state index is 1.10. The first-order chi connectivity index (χ1) is 5.47. The fourth-order valence-corrected chi connectivity index (χ4v) is 1.38. The molecule has 0 saturated heterocycles. The Kier molecular flexibility index (Phi) is 1.65. The van der Waals surface area contributed by atoms with Gasteiger partial charge in [0.1, 0.15) is 0 Å². The molecule has 0 bridgehead atoms. The van der Waals surface area contributed by atoms with Crippen LogP contribution in [0, 0.1) is 5.51 Å². The average Bonchev–Trinajstić information content (AvgIpc) is 2.58. The summed E-state index contributed by atoms with van der Waals surface area (Å²) in [6.45, 7) is 0. The predicted octanol–water partition coefficient (Wildman–Crippen LogP) is 2.01. The van der Waals surface area contributed by atoms with Crippen molar-refractivity contribution in [1.29, 1.82) is 0 Å². The molecule has 11 heavy (non-hydrogen) atoms. The first-order valence-corrected chi connectivity index (χ1v) is 4.01. The summed E-state index contributed by atoms with van der Waals surface area (Å²) in [6, 6.07) is 3.92. The van der Waals surface area contributed by atoms with Gasteiger partial charge >= 0.3 is 0 Å².